The van der Waals surface area contributed by atoms with Crippen molar-refractivity contribution in [2.24, 2.45) is 0 Å². The predicted octanol–water partition coefficient (Wildman–Crippen LogP) is 3.92. The minimum absolute atomic E-state index is 0.279. The van der Waals surface area contributed by atoms with E-state index in [9.17, 15) is 9.59 Å². The molecule has 0 fully saturated rings. The highest BCUT2D eigenvalue weighted by atomic mass is 16.5. The number of carbonyl (C=O) groups is 2. The lowest BCUT2D eigenvalue weighted by Crippen LogP contribution is -2.23. The summed E-state index contributed by atoms with van der Waals surface area (Å²) in [5, 5.41) is 2.75. The Labute approximate surface area is 142 Å². The summed E-state index contributed by atoms with van der Waals surface area (Å²) in [6, 6.07) is 17.1. The molecule has 1 N–H and O–H groups in total. The normalized spacial score (nSPS) is 11.6. The monoisotopic (exact) mass is 325 g/mol. The van der Waals surface area contributed by atoms with Gasteiger partial charge in [0.1, 0.15) is 0 Å². The Kier molecular flexibility index (Phi) is 6.55. The highest BCUT2D eigenvalue weighted by molar-refractivity contribution is 5.93. The standard InChI is InChI=1S/C20H23NO3/c1-3-15-9-8-12-17(13-15)21-19(22)14-24-20(23)18(4-2)16-10-6-5-7-11-16/h5-13,18H,3-4,14H2,1-2H3,(H,21,22)/t18-/m0/s1. The van der Waals surface area contributed by atoms with Crippen LogP contribution in [0.5, 0.6) is 0 Å². The van der Waals surface area contributed by atoms with Crippen LogP contribution in [0.1, 0.15) is 37.3 Å². The fourth-order valence-electron chi connectivity index (χ4n) is 2.53. The lowest BCUT2D eigenvalue weighted by Gasteiger charge is -2.14. The van der Waals surface area contributed by atoms with Crippen molar-refractivity contribution in [1.82, 2.24) is 0 Å². The SMILES string of the molecule is CCc1cccc(NC(=O)COC(=O)[C@@H](CC)c2ccccc2)c1. The number of aryl methyl sites for hydroxylation is 1. The van der Waals surface area contributed by atoms with Crippen molar-refractivity contribution in [3.05, 3.63) is 65.7 Å². The van der Waals surface area contributed by atoms with Gasteiger partial charge in [-0.05, 0) is 36.1 Å². The molecule has 0 aromatic heterocycles. The number of rotatable bonds is 7. The summed E-state index contributed by atoms with van der Waals surface area (Å²) in [6.07, 6.45) is 1.52. The molecule has 2 aromatic carbocycles. The fraction of sp³-hybridized carbons (Fsp3) is 0.300. The molecule has 4 heteroatoms. The smallest absolute Gasteiger partial charge is 0.313 e. The number of carbonyl (C=O) groups excluding carboxylic acids is 2. The van der Waals surface area contributed by atoms with Gasteiger partial charge in [-0.15, -0.1) is 0 Å². The summed E-state index contributed by atoms with van der Waals surface area (Å²) in [6.45, 7) is 3.70. The van der Waals surface area contributed by atoms with Crippen LogP contribution in [0.2, 0.25) is 0 Å². The van der Waals surface area contributed by atoms with E-state index in [1.165, 1.54) is 0 Å². The number of anilines is 1. The molecule has 0 radical (unpaired) electrons. The van der Waals surface area contributed by atoms with Gasteiger partial charge in [0, 0.05) is 5.69 Å². The van der Waals surface area contributed by atoms with Crippen molar-refractivity contribution in [2.45, 2.75) is 32.6 Å². The first-order valence-corrected chi connectivity index (χ1v) is 8.24. The zero-order valence-electron chi connectivity index (χ0n) is 14.1. The molecular weight excluding hydrogens is 302 g/mol. The number of benzene rings is 2. The van der Waals surface area contributed by atoms with E-state index in [0.29, 0.717) is 12.1 Å². The zero-order chi connectivity index (χ0) is 17.4. The maximum atomic E-state index is 12.2. The number of esters is 1. The van der Waals surface area contributed by atoms with E-state index in [-0.39, 0.29) is 24.4 Å². The third kappa shape index (κ3) is 4.95. The van der Waals surface area contributed by atoms with Gasteiger partial charge >= 0.3 is 5.97 Å². The highest BCUT2D eigenvalue weighted by Gasteiger charge is 2.20. The Morgan fingerprint density at radius 1 is 1.04 bits per heavy atom. The van der Waals surface area contributed by atoms with Gasteiger partial charge in [-0.1, -0.05) is 56.3 Å². The van der Waals surface area contributed by atoms with Crippen LogP contribution >= 0.6 is 0 Å². The summed E-state index contributed by atoms with van der Waals surface area (Å²) in [7, 11) is 0. The van der Waals surface area contributed by atoms with E-state index >= 15 is 0 Å². The Hall–Kier alpha value is -2.62. The summed E-state index contributed by atoms with van der Waals surface area (Å²) >= 11 is 0. The molecule has 2 aromatic rings. The fourth-order valence-corrected chi connectivity index (χ4v) is 2.53. The van der Waals surface area contributed by atoms with Gasteiger partial charge in [0.15, 0.2) is 6.61 Å². The second kappa shape index (κ2) is 8.87. The Balaban J connectivity index is 1.89. The van der Waals surface area contributed by atoms with E-state index in [1.807, 2.05) is 61.5 Å². The van der Waals surface area contributed by atoms with Gasteiger partial charge in [-0.25, -0.2) is 0 Å². The highest BCUT2D eigenvalue weighted by Crippen LogP contribution is 2.20. The minimum atomic E-state index is -0.374. The molecule has 0 bridgehead atoms. The molecule has 126 valence electrons. The van der Waals surface area contributed by atoms with Gasteiger partial charge in [0.05, 0.1) is 5.92 Å². The van der Waals surface area contributed by atoms with E-state index in [4.69, 9.17) is 4.74 Å². The van der Waals surface area contributed by atoms with Gasteiger partial charge in [-0.3, -0.25) is 9.59 Å². The van der Waals surface area contributed by atoms with Crippen LogP contribution in [0.4, 0.5) is 5.69 Å². The summed E-state index contributed by atoms with van der Waals surface area (Å²) < 4.78 is 5.19. The van der Waals surface area contributed by atoms with Crippen molar-refractivity contribution in [3.8, 4) is 0 Å². The van der Waals surface area contributed by atoms with Crippen LogP contribution in [0.15, 0.2) is 54.6 Å². The summed E-state index contributed by atoms with van der Waals surface area (Å²) in [4.78, 5) is 24.2. The molecule has 0 saturated carbocycles. The molecule has 1 amide bonds. The Morgan fingerprint density at radius 2 is 1.79 bits per heavy atom. The molecule has 24 heavy (non-hydrogen) atoms. The van der Waals surface area contributed by atoms with E-state index in [2.05, 4.69) is 12.2 Å². The summed E-state index contributed by atoms with van der Waals surface area (Å²) in [5.74, 6) is -1.05. The van der Waals surface area contributed by atoms with Crippen molar-refractivity contribution in [1.29, 1.82) is 0 Å². The lowest BCUT2D eigenvalue weighted by molar-refractivity contribution is -0.149. The first-order chi connectivity index (χ1) is 11.6. The molecule has 2 rings (SSSR count). The minimum Gasteiger partial charge on any atom is -0.455 e. The van der Waals surface area contributed by atoms with Gasteiger partial charge in [-0.2, -0.15) is 0 Å². The van der Waals surface area contributed by atoms with E-state index in [1.54, 1.807) is 0 Å². The van der Waals surface area contributed by atoms with Crippen LogP contribution in [-0.4, -0.2) is 18.5 Å². The largest absolute Gasteiger partial charge is 0.455 e. The number of ether oxygens (including phenoxy) is 1. The number of hydrogen-bond acceptors (Lipinski definition) is 3. The molecule has 0 spiro atoms. The Morgan fingerprint density at radius 3 is 2.46 bits per heavy atom. The van der Waals surface area contributed by atoms with Crippen LogP contribution < -0.4 is 5.32 Å². The third-order valence-corrected chi connectivity index (χ3v) is 3.86. The molecule has 4 nitrogen and oxygen atoms in total. The average Bonchev–Trinajstić information content (AvgIpc) is 2.61. The van der Waals surface area contributed by atoms with Crippen molar-refractivity contribution in [3.63, 3.8) is 0 Å². The molecular formula is C20H23NO3. The van der Waals surface area contributed by atoms with E-state index in [0.717, 1.165) is 17.5 Å². The number of nitrogens with one attached hydrogen (secondary N) is 1. The van der Waals surface area contributed by atoms with E-state index < -0.39 is 0 Å². The molecule has 0 unspecified atom stereocenters. The van der Waals surface area contributed by atoms with Crippen molar-refractivity contribution >= 4 is 17.6 Å². The second-order valence-corrected chi connectivity index (χ2v) is 5.58. The number of amides is 1. The van der Waals surface area contributed by atoms with Crippen LogP contribution in [0, 0.1) is 0 Å². The summed E-state index contributed by atoms with van der Waals surface area (Å²) in [5.41, 5.74) is 2.76. The van der Waals surface area contributed by atoms with Gasteiger partial charge < -0.3 is 10.1 Å². The van der Waals surface area contributed by atoms with Gasteiger partial charge in [0.25, 0.3) is 5.91 Å². The van der Waals surface area contributed by atoms with Crippen LogP contribution in [0.3, 0.4) is 0 Å². The molecule has 0 aliphatic heterocycles. The molecule has 1 atom stereocenters. The zero-order valence-corrected chi connectivity index (χ0v) is 14.1. The van der Waals surface area contributed by atoms with Crippen molar-refractivity contribution in [2.75, 3.05) is 11.9 Å². The molecule has 0 heterocycles. The quantitative estimate of drug-likeness (QED) is 0.785. The first kappa shape index (κ1) is 17.7. The number of hydrogen-bond donors (Lipinski definition) is 1. The predicted molar refractivity (Wildman–Crippen MR) is 94.9 cm³/mol. The van der Waals surface area contributed by atoms with Crippen LogP contribution in [-0.2, 0) is 20.7 Å². The topological polar surface area (TPSA) is 55.4 Å². The van der Waals surface area contributed by atoms with Crippen molar-refractivity contribution < 1.29 is 14.3 Å². The molecule has 0 aliphatic carbocycles. The maximum Gasteiger partial charge on any atom is 0.313 e. The molecule has 0 saturated heterocycles. The lowest BCUT2D eigenvalue weighted by atomic mass is 9.97. The maximum absolute atomic E-state index is 12.2. The third-order valence-electron chi connectivity index (χ3n) is 3.86. The van der Waals surface area contributed by atoms with Gasteiger partial charge in [0.2, 0.25) is 0 Å². The first-order valence-electron chi connectivity index (χ1n) is 8.24. The second-order valence-electron chi connectivity index (χ2n) is 5.58. The molecule has 0 aliphatic rings. The van der Waals surface area contributed by atoms with Crippen LogP contribution in [0.25, 0.3) is 0 Å². The Bertz CT molecular complexity index is 682. The average molecular weight is 325 g/mol.